The Morgan fingerprint density at radius 1 is 1.00 bits per heavy atom. The summed E-state index contributed by atoms with van der Waals surface area (Å²) in [6.07, 6.45) is 0. The van der Waals surface area contributed by atoms with Crippen molar-refractivity contribution in [2.24, 2.45) is 0 Å². The number of anilines is 1. The van der Waals surface area contributed by atoms with Crippen LogP contribution in [0.25, 0.3) is 0 Å². The van der Waals surface area contributed by atoms with Crippen molar-refractivity contribution < 1.29 is 9.53 Å². The lowest BCUT2D eigenvalue weighted by Gasteiger charge is -2.15. The molecule has 0 spiro atoms. The Hall–Kier alpha value is -2.49. The Kier molecular flexibility index (Phi) is 5.27. The zero-order valence-electron chi connectivity index (χ0n) is 14.4. The van der Waals surface area contributed by atoms with E-state index in [4.69, 9.17) is 4.74 Å². The average Bonchev–Trinajstić information content (AvgIpc) is 2.47. The third-order valence-corrected chi connectivity index (χ3v) is 3.93. The summed E-state index contributed by atoms with van der Waals surface area (Å²) >= 11 is 0. The molecule has 0 radical (unpaired) electrons. The highest BCUT2D eigenvalue weighted by molar-refractivity contribution is 5.91. The topological polar surface area (TPSA) is 50.4 Å². The lowest BCUT2D eigenvalue weighted by atomic mass is 10.1. The van der Waals surface area contributed by atoms with Crippen LogP contribution in [0.15, 0.2) is 30.3 Å². The molecule has 0 aromatic heterocycles. The summed E-state index contributed by atoms with van der Waals surface area (Å²) in [4.78, 5) is 12.0. The summed E-state index contributed by atoms with van der Waals surface area (Å²) in [5.41, 5.74) is 6.38. The number of hydrogen-bond donors (Lipinski definition) is 2. The normalized spacial score (nSPS) is 10.3. The fourth-order valence-corrected chi connectivity index (χ4v) is 2.59. The van der Waals surface area contributed by atoms with Crippen molar-refractivity contribution in [2.75, 3.05) is 12.0 Å². The van der Waals surface area contributed by atoms with Gasteiger partial charge in [-0.1, -0.05) is 29.8 Å². The van der Waals surface area contributed by atoms with Crippen LogP contribution in [0, 0.1) is 34.6 Å². The molecule has 4 heteroatoms. The number of hydrogen-bond acceptors (Lipinski definition) is 2. The molecule has 4 nitrogen and oxygen atoms in total. The molecule has 23 heavy (non-hydrogen) atoms. The molecule has 0 aliphatic carbocycles. The molecule has 0 atom stereocenters. The summed E-state index contributed by atoms with van der Waals surface area (Å²) in [5, 5.41) is 5.61. The summed E-state index contributed by atoms with van der Waals surface area (Å²) in [7, 11) is 0. The highest BCUT2D eigenvalue weighted by Gasteiger charge is 2.08. The summed E-state index contributed by atoms with van der Waals surface area (Å²) < 4.78 is 5.63. The zero-order valence-corrected chi connectivity index (χ0v) is 14.4. The minimum Gasteiger partial charge on any atom is -0.473 e. The smallest absolute Gasteiger partial charge is 0.321 e. The van der Waals surface area contributed by atoms with Crippen molar-refractivity contribution in [3.8, 4) is 5.75 Å². The van der Waals surface area contributed by atoms with Crippen LogP contribution < -0.4 is 15.4 Å². The molecule has 0 bridgehead atoms. The molecule has 0 heterocycles. The van der Waals surface area contributed by atoms with Gasteiger partial charge in [-0.2, -0.15) is 0 Å². The molecule has 0 aliphatic heterocycles. The van der Waals surface area contributed by atoms with Crippen molar-refractivity contribution in [1.82, 2.24) is 5.32 Å². The highest BCUT2D eigenvalue weighted by atomic mass is 16.5. The maximum absolute atomic E-state index is 12.0. The Labute approximate surface area is 137 Å². The van der Waals surface area contributed by atoms with E-state index in [2.05, 4.69) is 22.8 Å². The lowest BCUT2D eigenvalue weighted by molar-refractivity contribution is 0.234. The van der Waals surface area contributed by atoms with Crippen LogP contribution in [0.2, 0.25) is 0 Å². The first-order valence-electron chi connectivity index (χ1n) is 7.70. The molecule has 0 saturated carbocycles. The van der Waals surface area contributed by atoms with Crippen LogP contribution in [-0.2, 0) is 0 Å². The largest absolute Gasteiger partial charge is 0.473 e. The van der Waals surface area contributed by atoms with E-state index in [0.29, 0.717) is 0 Å². The molecular weight excluding hydrogens is 288 g/mol. The van der Waals surface area contributed by atoms with Crippen molar-refractivity contribution in [3.63, 3.8) is 0 Å². The lowest BCUT2D eigenvalue weighted by Crippen LogP contribution is -2.32. The number of rotatable bonds is 4. The number of amides is 2. The fraction of sp³-hybridized carbons (Fsp3) is 0.316. The van der Waals surface area contributed by atoms with Gasteiger partial charge in [0.1, 0.15) is 5.75 Å². The van der Waals surface area contributed by atoms with Crippen molar-refractivity contribution in [1.29, 1.82) is 0 Å². The summed E-state index contributed by atoms with van der Waals surface area (Å²) in [6.45, 7) is 10.2. The second-order valence-electron chi connectivity index (χ2n) is 5.89. The van der Waals surface area contributed by atoms with Crippen LogP contribution in [-0.4, -0.2) is 12.8 Å². The Morgan fingerprint density at radius 3 is 2.30 bits per heavy atom. The Morgan fingerprint density at radius 2 is 1.65 bits per heavy atom. The van der Waals surface area contributed by atoms with E-state index in [-0.39, 0.29) is 12.8 Å². The predicted octanol–water partition coefficient (Wildman–Crippen LogP) is 4.39. The van der Waals surface area contributed by atoms with E-state index in [9.17, 15) is 4.79 Å². The Balaban J connectivity index is 1.92. The van der Waals surface area contributed by atoms with Crippen molar-refractivity contribution >= 4 is 11.7 Å². The van der Waals surface area contributed by atoms with Gasteiger partial charge in [-0.25, -0.2) is 4.79 Å². The van der Waals surface area contributed by atoms with Crippen molar-refractivity contribution in [2.45, 2.75) is 34.6 Å². The third kappa shape index (κ3) is 4.25. The first-order valence-corrected chi connectivity index (χ1v) is 7.70. The molecule has 2 aromatic carbocycles. The molecule has 2 aromatic rings. The van der Waals surface area contributed by atoms with Gasteiger partial charge in [-0.3, -0.25) is 0 Å². The second-order valence-corrected chi connectivity index (χ2v) is 5.89. The molecule has 0 aliphatic rings. The quantitative estimate of drug-likeness (QED) is 0.823. The molecule has 2 amide bonds. The van der Waals surface area contributed by atoms with E-state index in [1.54, 1.807) is 0 Å². The van der Waals surface area contributed by atoms with Gasteiger partial charge in [0.15, 0.2) is 6.73 Å². The average molecular weight is 312 g/mol. The number of carbonyl (C=O) groups is 1. The number of aryl methyl sites for hydroxylation is 4. The minimum atomic E-state index is -0.273. The van der Waals surface area contributed by atoms with Gasteiger partial charge in [-0.15, -0.1) is 0 Å². The Bertz CT molecular complexity index is 700. The van der Waals surface area contributed by atoms with E-state index < -0.39 is 0 Å². The zero-order chi connectivity index (χ0) is 17.0. The summed E-state index contributed by atoms with van der Waals surface area (Å²) in [5.74, 6) is 0.785. The minimum absolute atomic E-state index is 0.125. The van der Waals surface area contributed by atoms with E-state index in [0.717, 1.165) is 33.7 Å². The number of nitrogens with one attached hydrogen (secondary N) is 2. The standard InChI is InChI=1S/C19H24N2O2/c1-12-9-14(3)18(15(4)10-12)21-19(22)20-11-23-17-8-6-7-13(2)16(17)5/h6-10H,11H2,1-5H3,(H2,20,21,22). The molecule has 0 fully saturated rings. The molecule has 2 N–H and O–H groups in total. The van der Waals surface area contributed by atoms with Crippen LogP contribution >= 0.6 is 0 Å². The predicted molar refractivity (Wildman–Crippen MR) is 94.2 cm³/mol. The third-order valence-electron chi connectivity index (χ3n) is 3.93. The number of urea groups is 1. The van der Waals surface area contributed by atoms with Crippen LogP contribution in [0.1, 0.15) is 27.8 Å². The fourth-order valence-electron chi connectivity index (χ4n) is 2.59. The first-order chi connectivity index (χ1) is 10.9. The van der Waals surface area contributed by atoms with E-state index in [1.165, 1.54) is 5.56 Å². The van der Waals surface area contributed by atoms with Gasteiger partial charge >= 0.3 is 6.03 Å². The van der Waals surface area contributed by atoms with Crippen molar-refractivity contribution in [3.05, 3.63) is 58.1 Å². The second kappa shape index (κ2) is 7.18. The highest BCUT2D eigenvalue weighted by Crippen LogP contribution is 2.22. The summed E-state index contributed by atoms with van der Waals surface area (Å²) in [6, 6.07) is 9.70. The molecule has 0 saturated heterocycles. The van der Waals surface area contributed by atoms with Crippen LogP contribution in [0.5, 0.6) is 5.75 Å². The molecule has 2 rings (SSSR count). The van der Waals surface area contributed by atoms with E-state index >= 15 is 0 Å². The van der Waals surface area contributed by atoms with Gasteiger partial charge in [0, 0.05) is 5.69 Å². The van der Waals surface area contributed by atoms with Gasteiger partial charge in [0.05, 0.1) is 0 Å². The molecule has 122 valence electrons. The van der Waals surface area contributed by atoms with Gasteiger partial charge in [-0.05, 0) is 62.9 Å². The number of ether oxygens (including phenoxy) is 1. The van der Waals surface area contributed by atoms with Gasteiger partial charge in [0.2, 0.25) is 0 Å². The maximum atomic E-state index is 12.0. The van der Waals surface area contributed by atoms with Gasteiger partial charge in [0.25, 0.3) is 0 Å². The number of benzene rings is 2. The first kappa shape index (κ1) is 16.9. The SMILES string of the molecule is Cc1cc(C)c(NC(=O)NCOc2cccc(C)c2C)c(C)c1. The molecular formula is C19H24N2O2. The van der Waals surface area contributed by atoms with Gasteiger partial charge < -0.3 is 15.4 Å². The monoisotopic (exact) mass is 312 g/mol. The van der Waals surface area contributed by atoms with Crippen LogP contribution in [0.3, 0.4) is 0 Å². The molecule has 0 unspecified atom stereocenters. The number of carbonyl (C=O) groups excluding carboxylic acids is 1. The van der Waals surface area contributed by atoms with E-state index in [1.807, 2.05) is 52.8 Å². The van der Waals surface area contributed by atoms with Crippen LogP contribution in [0.4, 0.5) is 10.5 Å². The maximum Gasteiger partial charge on any atom is 0.321 e.